The summed E-state index contributed by atoms with van der Waals surface area (Å²) in [4.78, 5) is 4.54. The largest absolute Gasteiger partial charge is 0.308 e. The van der Waals surface area contributed by atoms with Crippen molar-refractivity contribution in [1.82, 2.24) is 10.3 Å². The van der Waals surface area contributed by atoms with Gasteiger partial charge in [0.05, 0.1) is 10.7 Å². The van der Waals surface area contributed by atoms with Gasteiger partial charge in [0.2, 0.25) is 0 Å². The Morgan fingerprint density at radius 2 is 2.17 bits per heavy atom. The van der Waals surface area contributed by atoms with Crippen molar-refractivity contribution in [2.45, 2.75) is 31.8 Å². The normalized spacial score (nSPS) is 14.9. The van der Waals surface area contributed by atoms with E-state index in [9.17, 15) is 4.39 Å². The second-order valence-corrected chi connectivity index (χ2v) is 5.60. The van der Waals surface area contributed by atoms with E-state index >= 15 is 0 Å². The zero-order valence-corrected chi connectivity index (χ0v) is 10.8. The van der Waals surface area contributed by atoms with Crippen LogP contribution in [0.25, 0.3) is 0 Å². The lowest BCUT2D eigenvalue weighted by atomic mass is 10.1. The molecule has 0 amide bonds. The quantitative estimate of drug-likeness (QED) is 0.895. The second-order valence-electron chi connectivity index (χ2n) is 4.66. The number of rotatable bonds is 5. The molecule has 1 aliphatic rings. The van der Waals surface area contributed by atoms with Crippen molar-refractivity contribution in [3.63, 3.8) is 0 Å². The van der Waals surface area contributed by atoms with Crippen molar-refractivity contribution in [1.29, 1.82) is 0 Å². The van der Waals surface area contributed by atoms with Gasteiger partial charge in [0.1, 0.15) is 5.82 Å². The molecule has 1 saturated carbocycles. The monoisotopic (exact) mass is 262 g/mol. The van der Waals surface area contributed by atoms with Crippen molar-refractivity contribution < 1.29 is 4.39 Å². The van der Waals surface area contributed by atoms with Crippen LogP contribution in [0.3, 0.4) is 0 Å². The highest BCUT2D eigenvalue weighted by Gasteiger charge is 2.20. The highest BCUT2D eigenvalue weighted by atomic mass is 32.1. The molecule has 2 aromatic rings. The Bertz CT molecular complexity index is 534. The van der Waals surface area contributed by atoms with Gasteiger partial charge in [-0.1, -0.05) is 18.2 Å². The first kappa shape index (κ1) is 11.8. The van der Waals surface area contributed by atoms with Crippen LogP contribution in [0.15, 0.2) is 29.6 Å². The molecular weight excluding hydrogens is 247 g/mol. The second kappa shape index (κ2) is 5.16. The predicted octanol–water partition coefficient (Wildman–Crippen LogP) is 3.13. The fourth-order valence-electron chi connectivity index (χ4n) is 1.85. The van der Waals surface area contributed by atoms with Crippen molar-refractivity contribution in [3.8, 4) is 0 Å². The Labute approximate surface area is 110 Å². The van der Waals surface area contributed by atoms with E-state index in [-0.39, 0.29) is 5.82 Å². The molecule has 0 aliphatic heterocycles. The van der Waals surface area contributed by atoms with Gasteiger partial charge in [0.15, 0.2) is 0 Å². The summed E-state index contributed by atoms with van der Waals surface area (Å²) in [6.07, 6.45) is 3.15. The first-order valence-electron chi connectivity index (χ1n) is 6.21. The zero-order chi connectivity index (χ0) is 12.4. The minimum Gasteiger partial charge on any atom is -0.308 e. The number of benzene rings is 1. The first-order chi connectivity index (χ1) is 8.81. The Kier molecular flexibility index (Phi) is 3.39. The Morgan fingerprint density at radius 3 is 2.94 bits per heavy atom. The van der Waals surface area contributed by atoms with Crippen molar-refractivity contribution in [3.05, 3.63) is 51.7 Å². The predicted molar refractivity (Wildman–Crippen MR) is 71.2 cm³/mol. The summed E-state index contributed by atoms with van der Waals surface area (Å²) in [5.74, 6) is -0.148. The number of nitrogens with one attached hydrogen (secondary N) is 1. The summed E-state index contributed by atoms with van der Waals surface area (Å²) in [6.45, 7) is 0.832. The molecule has 18 heavy (non-hydrogen) atoms. The maximum absolute atomic E-state index is 13.5. The Morgan fingerprint density at radius 1 is 1.33 bits per heavy atom. The van der Waals surface area contributed by atoms with E-state index in [0.717, 1.165) is 17.2 Å². The molecule has 1 aromatic carbocycles. The lowest BCUT2D eigenvalue weighted by Gasteiger charge is -2.00. The van der Waals surface area contributed by atoms with Gasteiger partial charge in [-0.3, -0.25) is 0 Å². The molecule has 1 aromatic heterocycles. The lowest BCUT2D eigenvalue weighted by Crippen LogP contribution is -2.15. The lowest BCUT2D eigenvalue weighted by molar-refractivity contribution is 0.613. The van der Waals surface area contributed by atoms with Crippen LogP contribution < -0.4 is 5.32 Å². The standard InChI is InChI=1S/C14H15FN2S/c15-13-4-2-1-3-10(13)7-14-17-12(9-18-14)8-16-11-5-6-11/h1-4,9,11,16H,5-8H2. The maximum atomic E-state index is 13.5. The van der Waals surface area contributed by atoms with Crippen molar-refractivity contribution in [2.24, 2.45) is 0 Å². The van der Waals surface area contributed by atoms with Crippen LogP contribution in [-0.2, 0) is 13.0 Å². The molecule has 2 nitrogen and oxygen atoms in total. The number of hydrogen-bond acceptors (Lipinski definition) is 3. The molecule has 0 atom stereocenters. The zero-order valence-electron chi connectivity index (χ0n) is 10.0. The van der Waals surface area contributed by atoms with Crippen LogP contribution in [0, 0.1) is 5.82 Å². The molecule has 0 unspecified atom stereocenters. The van der Waals surface area contributed by atoms with Gasteiger partial charge in [0.25, 0.3) is 0 Å². The average molecular weight is 262 g/mol. The molecule has 0 bridgehead atoms. The topological polar surface area (TPSA) is 24.9 Å². The van der Waals surface area contributed by atoms with Crippen LogP contribution in [-0.4, -0.2) is 11.0 Å². The number of thiazole rings is 1. The highest BCUT2D eigenvalue weighted by molar-refractivity contribution is 7.09. The Hall–Kier alpha value is -1.26. The summed E-state index contributed by atoms with van der Waals surface area (Å²) in [5, 5.41) is 6.47. The van der Waals surface area contributed by atoms with E-state index in [1.54, 1.807) is 17.4 Å². The van der Waals surface area contributed by atoms with Crippen LogP contribution in [0.1, 0.15) is 29.1 Å². The maximum Gasteiger partial charge on any atom is 0.126 e. The molecule has 4 heteroatoms. The molecule has 0 saturated heterocycles. The van der Waals surface area contributed by atoms with E-state index in [1.165, 1.54) is 18.9 Å². The van der Waals surface area contributed by atoms with Gasteiger partial charge in [-0.15, -0.1) is 11.3 Å². The molecular formula is C14H15FN2S. The summed E-state index contributed by atoms with van der Waals surface area (Å²) in [5.41, 5.74) is 1.78. The molecule has 3 rings (SSSR count). The molecule has 1 aliphatic carbocycles. The molecule has 1 fully saturated rings. The number of hydrogen-bond donors (Lipinski definition) is 1. The smallest absolute Gasteiger partial charge is 0.126 e. The van der Waals surface area contributed by atoms with Crippen LogP contribution >= 0.6 is 11.3 Å². The molecule has 0 radical (unpaired) electrons. The minimum atomic E-state index is -0.148. The van der Waals surface area contributed by atoms with E-state index in [2.05, 4.69) is 15.7 Å². The molecule has 94 valence electrons. The third-order valence-electron chi connectivity index (χ3n) is 3.05. The van der Waals surface area contributed by atoms with E-state index in [4.69, 9.17) is 0 Å². The van der Waals surface area contributed by atoms with Crippen LogP contribution in [0.4, 0.5) is 4.39 Å². The summed E-state index contributed by atoms with van der Waals surface area (Å²) >= 11 is 1.61. The molecule has 1 heterocycles. The van der Waals surface area contributed by atoms with Crippen molar-refractivity contribution in [2.75, 3.05) is 0 Å². The number of halogens is 1. The van der Waals surface area contributed by atoms with E-state index in [0.29, 0.717) is 18.0 Å². The number of aromatic nitrogens is 1. The summed E-state index contributed by atoms with van der Waals surface area (Å²) in [7, 11) is 0. The SMILES string of the molecule is Fc1ccccc1Cc1nc(CNC2CC2)cs1. The van der Waals surface area contributed by atoms with Crippen LogP contribution in [0.2, 0.25) is 0 Å². The molecule has 1 N–H and O–H groups in total. The average Bonchev–Trinajstić information content (AvgIpc) is 3.10. The highest BCUT2D eigenvalue weighted by Crippen LogP contribution is 2.20. The fraction of sp³-hybridized carbons (Fsp3) is 0.357. The van der Waals surface area contributed by atoms with Gasteiger partial charge in [0, 0.05) is 24.4 Å². The summed E-state index contributed by atoms with van der Waals surface area (Å²) < 4.78 is 13.5. The van der Waals surface area contributed by atoms with Gasteiger partial charge in [-0.2, -0.15) is 0 Å². The minimum absolute atomic E-state index is 0.148. The van der Waals surface area contributed by atoms with Gasteiger partial charge in [-0.05, 0) is 24.5 Å². The number of nitrogens with zero attached hydrogens (tertiary/aromatic N) is 1. The van der Waals surface area contributed by atoms with Gasteiger partial charge < -0.3 is 5.32 Å². The van der Waals surface area contributed by atoms with Crippen molar-refractivity contribution >= 4 is 11.3 Å². The Balaban J connectivity index is 1.63. The first-order valence-corrected chi connectivity index (χ1v) is 7.09. The van der Waals surface area contributed by atoms with Gasteiger partial charge in [-0.25, -0.2) is 9.37 Å². The summed E-state index contributed by atoms with van der Waals surface area (Å²) in [6, 6.07) is 7.59. The van der Waals surface area contributed by atoms with E-state index in [1.807, 2.05) is 12.1 Å². The van der Waals surface area contributed by atoms with Crippen LogP contribution in [0.5, 0.6) is 0 Å². The van der Waals surface area contributed by atoms with Gasteiger partial charge >= 0.3 is 0 Å². The fourth-order valence-corrected chi connectivity index (χ4v) is 2.67. The third-order valence-corrected chi connectivity index (χ3v) is 3.95. The van der Waals surface area contributed by atoms with E-state index < -0.39 is 0 Å². The molecule has 0 spiro atoms. The third kappa shape index (κ3) is 2.94.